The van der Waals surface area contributed by atoms with Gasteiger partial charge in [0.25, 0.3) is 0 Å². The third-order valence-corrected chi connectivity index (χ3v) is 5.12. The van der Waals surface area contributed by atoms with Crippen LogP contribution in [0.1, 0.15) is 64.7 Å². The molecule has 3 heteroatoms. The highest BCUT2D eigenvalue weighted by Crippen LogP contribution is 2.28. The van der Waals surface area contributed by atoms with Crippen LogP contribution in [0.2, 0.25) is 0 Å². The predicted octanol–water partition coefficient (Wildman–Crippen LogP) is 6.29. The minimum atomic E-state index is 0.258. The molecule has 1 aromatic carbocycles. The average molecular weight is 325 g/mol. The Hall–Kier alpha value is -0.670. The monoisotopic (exact) mass is 324 g/mol. The Bertz CT molecular complexity index is 364. The van der Waals surface area contributed by atoms with Gasteiger partial charge in [0.05, 0.1) is 7.11 Å². The number of methoxy groups -OCH3 is 2. The van der Waals surface area contributed by atoms with E-state index in [0.717, 1.165) is 12.2 Å². The summed E-state index contributed by atoms with van der Waals surface area (Å²) in [5, 5.41) is 0. The zero-order chi connectivity index (χ0) is 16.0. The predicted molar refractivity (Wildman–Crippen MR) is 96.9 cm³/mol. The summed E-state index contributed by atoms with van der Waals surface area (Å²) in [7, 11) is 3.51. The van der Waals surface area contributed by atoms with Gasteiger partial charge in [0, 0.05) is 12.0 Å². The van der Waals surface area contributed by atoms with Crippen molar-refractivity contribution in [2.75, 3.05) is 14.2 Å². The van der Waals surface area contributed by atoms with Crippen molar-refractivity contribution in [3.8, 4) is 5.75 Å². The molecule has 1 unspecified atom stereocenters. The minimum Gasteiger partial charge on any atom is -0.497 e. The third kappa shape index (κ3) is 8.70. The third-order valence-electron chi connectivity index (χ3n) is 3.88. The molecule has 22 heavy (non-hydrogen) atoms. The molecular weight excluding hydrogens is 292 g/mol. The van der Waals surface area contributed by atoms with E-state index in [2.05, 4.69) is 19.1 Å². The summed E-state index contributed by atoms with van der Waals surface area (Å²) in [4.78, 5) is 1.24. The Morgan fingerprint density at radius 3 is 2.00 bits per heavy atom. The topological polar surface area (TPSA) is 18.5 Å². The fourth-order valence-corrected chi connectivity index (χ4v) is 3.45. The number of thioether (sulfide) groups is 1. The van der Waals surface area contributed by atoms with Gasteiger partial charge in [-0.3, -0.25) is 0 Å². The van der Waals surface area contributed by atoms with Crippen molar-refractivity contribution in [3.05, 3.63) is 24.3 Å². The Kier molecular flexibility index (Phi) is 11.3. The van der Waals surface area contributed by atoms with Crippen molar-refractivity contribution < 1.29 is 9.47 Å². The highest BCUT2D eigenvalue weighted by molar-refractivity contribution is 7.99. The van der Waals surface area contributed by atoms with Gasteiger partial charge < -0.3 is 9.47 Å². The lowest BCUT2D eigenvalue weighted by Gasteiger charge is -2.15. The normalized spacial score (nSPS) is 12.3. The molecule has 0 bridgehead atoms. The summed E-state index contributed by atoms with van der Waals surface area (Å²) in [6.07, 6.45) is 12.0. The van der Waals surface area contributed by atoms with Crippen LogP contribution in [-0.2, 0) is 4.74 Å². The van der Waals surface area contributed by atoms with Crippen LogP contribution in [-0.4, -0.2) is 19.7 Å². The Morgan fingerprint density at radius 1 is 0.864 bits per heavy atom. The van der Waals surface area contributed by atoms with Gasteiger partial charge in [-0.05, 0) is 37.1 Å². The SMILES string of the molecule is CCCCCCCCCCC(OC)Sc1ccc(OC)cc1. The van der Waals surface area contributed by atoms with Crippen molar-refractivity contribution in [2.24, 2.45) is 0 Å². The minimum absolute atomic E-state index is 0.258. The fraction of sp³-hybridized carbons (Fsp3) is 0.684. The molecule has 1 rings (SSSR count). The number of hydrogen-bond acceptors (Lipinski definition) is 3. The van der Waals surface area contributed by atoms with E-state index < -0.39 is 0 Å². The lowest BCUT2D eigenvalue weighted by molar-refractivity contribution is 0.163. The summed E-state index contributed by atoms with van der Waals surface area (Å²) >= 11 is 1.81. The van der Waals surface area contributed by atoms with Crippen molar-refractivity contribution in [2.45, 2.75) is 75.0 Å². The quantitative estimate of drug-likeness (QED) is 0.241. The zero-order valence-electron chi connectivity index (χ0n) is 14.5. The van der Waals surface area contributed by atoms with Crippen molar-refractivity contribution >= 4 is 11.8 Å². The van der Waals surface area contributed by atoms with Crippen LogP contribution in [0, 0.1) is 0 Å². The van der Waals surface area contributed by atoms with Crippen LogP contribution in [0.3, 0.4) is 0 Å². The number of rotatable bonds is 13. The molecule has 0 aliphatic carbocycles. The standard InChI is InChI=1S/C19H32O2S/c1-4-5-6-7-8-9-10-11-12-19(21-3)22-18-15-13-17(20-2)14-16-18/h13-16,19H,4-12H2,1-3H3. The summed E-state index contributed by atoms with van der Waals surface area (Å²) < 4.78 is 10.8. The maximum Gasteiger partial charge on any atom is 0.118 e. The van der Waals surface area contributed by atoms with Crippen LogP contribution in [0.15, 0.2) is 29.2 Å². The van der Waals surface area contributed by atoms with Crippen molar-refractivity contribution in [1.29, 1.82) is 0 Å². The molecule has 0 saturated carbocycles. The molecule has 0 amide bonds. The summed E-state index contributed by atoms with van der Waals surface area (Å²) in [6.45, 7) is 2.27. The zero-order valence-corrected chi connectivity index (χ0v) is 15.3. The molecule has 1 aromatic rings. The largest absolute Gasteiger partial charge is 0.497 e. The van der Waals surface area contributed by atoms with Gasteiger partial charge in [-0.1, -0.05) is 63.6 Å². The molecule has 0 aliphatic rings. The van der Waals surface area contributed by atoms with E-state index in [1.54, 1.807) is 18.9 Å². The molecule has 0 spiro atoms. The maximum atomic E-state index is 5.60. The first kappa shape index (κ1) is 19.4. The highest BCUT2D eigenvalue weighted by atomic mass is 32.2. The summed E-state index contributed by atoms with van der Waals surface area (Å²) in [6, 6.07) is 8.21. The Morgan fingerprint density at radius 2 is 1.45 bits per heavy atom. The molecule has 0 saturated heterocycles. The van der Waals surface area contributed by atoms with Crippen LogP contribution in [0.5, 0.6) is 5.75 Å². The number of hydrogen-bond donors (Lipinski definition) is 0. The lowest BCUT2D eigenvalue weighted by Crippen LogP contribution is -2.05. The molecule has 0 fully saturated rings. The summed E-state index contributed by atoms with van der Waals surface area (Å²) in [5.41, 5.74) is 0.258. The van der Waals surface area contributed by atoms with Crippen LogP contribution >= 0.6 is 11.8 Å². The van der Waals surface area contributed by atoms with Gasteiger partial charge in [-0.25, -0.2) is 0 Å². The van der Waals surface area contributed by atoms with E-state index in [-0.39, 0.29) is 5.44 Å². The fourth-order valence-electron chi connectivity index (χ4n) is 2.48. The molecule has 2 nitrogen and oxygen atoms in total. The average Bonchev–Trinajstić information content (AvgIpc) is 2.56. The van der Waals surface area contributed by atoms with Gasteiger partial charge in [0.15, 0.2) is 0 Å². The smallest absolute Gasteiger partial charge is 0.118 e. The van der Waals surface area contributed by atoms with E-state index >= 15 is 0 Å². The second-order valence-electron chi connectivity index (χ2n) is 5.72. The number of unbranched alkanes of at least 4 members (excludes halogenated alkanes) is 7. The van der Waals surface area contributed by atoms with Crippen LogP contribution in [0.25, 0.3) is 0 Å². The van der Waals surface area contributed by atoms with Gasteiger partial charge >= 0.3 is 0 Å². The second kappa shape index (κ2) is 12.8. The van der Waals surface area contributed by atoms with E-state index in [0.29, 0.717) is 0 Å². The van der Waals surface area contributed by atoms with Crippen molar-refractivity contribution in [1.82, 2.24) is 0 Å². The van der Waals surface area contributed by atoms with Crippen LogP contribution < -0.4 is 4.74 Å². The van der Waals surface area contributed by atoms with E-state index in [1.165, 1.54) is 56.3 Å². The molecule has 0 radical (unpaired) electrons. The molecular formula is C19H32O2S. The molecule has 1 atom stereocenters. The molecule has 0 aromatic heterocycles. The first-order chi connectivity index (χ1) is 10.8. The van der Waals surface area contributed by atoms with E-state index in [4.69, 9.17) is 9.47 Å². The molecule has 0 aliphatic heterocycles. The molecule has 0 N–H and O–H groups in total. The van der Waals surface area contributed by atoms with E-state index in [9.17, 15) is 0 Å². The van der Waals surface area contributed by atoms with Gasteiger partial charge in [0.1, 0.15) is 11.2 Å². The van der Waals surface area contributed by atoms with Gasteiger partial charge in [-0.15, -0.1) is 0 Å². The first-order valence-electron chi connectivity index (χ1n) is 8.63. The van der Waals surface area contributed by atoms with E-state index in [1.807, 2.05) is 19.2 Å². The first-order valence-corrected chi connectivity index (χ1v) is 9.51. The lowest BCUT2D eigenvalue weighted by atomic mass is 10.1. The molecule has 126 valence electrons. The Labute approximate surface area is 141 Å². The molecule has 0 heterocycles. The Balaban J connectivity index is 2.13. The maximum absolute atomic E-state index is 5.60. The number of benzene rings is 1. The van der Waals surface area contributed by atoms with Crippen LogP contribution in [0.4, 0.5) is 0 Å². The van der Waals surface area contributed by atoms with Crippen molar-refractivity contribution in [3.63, 3.8) is 0 Å². The summed E-state index contributed by atoms with van der Waals surface area (Å²) in [5.74, 6) is 0.904. The second-order valence-corrected chi connectivity index (χ2v) is 6.96. The van der Waals surface area contributed by atoms with Gasteiger partial charge in [0.2, 0.25) is 0 Å². The van der Waals surface area contributed by atoms with Gasteiger partial charge in [-0.2, -0.15) is 0 Å². The number of ether oxygens (including phenoxy) is 2. The highest BCUT2D eigenvalue weighted by Gasteiger charge is 2.09.